The molecule has 0 atom stereocenters. The molecule has 0 aliphatic heterocycles. The van der Waals surface area contributed by atoms with E-state index in [-0.39, 0.29) is 58.0 Å². The first-order valence-corrected chi connectivity index (χ1v) is 0.612. The molecule has 0 radical (unpaired) electrons. The predicted molar refractivity (Wildman–Crippen MR) is 22.5 cm³/mol. The van der Waals surface area contributed by atoms with Crippen molar-refractivity contribution in [3.8, 4) is 0 Å². The van der Waals surface area contributed by atoms with Crippen molar-refractivity contribution < 1.29 is 52.7 Å². The number of carbonyl (C=O) groups is 1. The molecule has 0 aliphatic carbocycles. The van der Waals surface area contributed by atoms with Gasteiger partial charge < -0.3 is 15.0 Å². The second-order valence-electron chi connectivity index (χ2n) is 0.250. The van der Waals surface area contributed by atoms with Crippen LogP contribution in [0.3, 0.4) is 0 Å². The Kier molecular flexibility index (Phi) is 116. The van der Waals surface area contributed by atoms with Crippen LogP contribution in [0.15, 0.2) is 0 Å². The molecule has 8 heavy (non-hydrogen) atoms. The van der Waals surface area contributed by atoms with Crippen LogP contribution < -0.4 is 47.9 Å². The average molecular weight is 95.9 g/mol. The van der Waals surface area contributed by atoms with Gasteiger partial charge in [0.1, 0.15) is 0 Å². The van der Waals surface area contributed by atoms with Crippen LogP contribution in [-0.4, -0.2) is 26.4 Å². The predicted octanol–water partition coefficient (Wildman–Crippen LogP) is -10.3. The molecule has 7 heteroatoms. The summed E-state index contributed by atoms with van der Waals surface area (Å²) in [7, 11) is 0. The Balaban J connectivity index is -0.00000000750. The SMILES string of the molecule is O=C([O-])[O-].[BeH2].[BeH2].[Li+].[Li+]. The number of hydrogen-bond acceptors (Lipinski definition) is 3. The monoisotopic (exact) mass is 96.1 g/mol. The van der Waals surface area contributed by atoms with E-state index in [1.807, 2.05) is 0 Å². The summed E-state index contributed by atoms with van der Waals surface area (Å²) in [5.41, 5.74) is 0. The zero-order valence-electron chi connectivity index (χ0n) is 3.72. The van der Waals surface area contributed by atoms with E-state index in [9.17, 15) is 0 Å². The van der Waals surface area contributed by atoms with Crippen molar-refractivity contribution in [2.45, 2.75) is 0 Å². The fraction of sp³-hybridized carbons (Fsp3) is 0. The van der Waals surface area contributed by atoms with Crippen molar-refractivity contribution in [1.82, 2.24) is 0 Å². The largest absolute Gasteiger partial charge is 1.00 e. The van der Waals surface area contributed by atoms with Gasteiger partial charge >= 0.3 is 58.0 Å². The Labute approximate surface area is 79.0 Å². The Morgan fingerprint density at radius 1 is 1.00 bits per heavy atom. The molecule has 0 aromatic heterocycles. The first kappa shape index (κ1) is 37.1. The van der Waals surface area contributed by atoms with Crippen LogP contribution in [0.4, 0.5) is 4.79 Å². The minimum absolute atomic E-state index is 0. The molecule has 0 fully saturated rings. The van der Waals surface area contributed by atoms with Crippen LogP contribution in [-0.2, 0) is 0 Å². The van der Waals surface area contributed by atoms with Gasteiger partial charge in [-0.05, 0) is 6.16 Å². The molecule has 32 valence electrons. The minimum Gasteiger partial charge on any atom is 1.00 e. The van der Waals surface area contributed by atoms with Gasteiger partial charge in [0.25, 0.3) is 0 Å². The van der Waals surface area contributed by atoms with Crippen molar-refractivity contribution in [3.05, 3.63) is 0 Å². The van der Waals surface area contributed by atoms with Crippen LogP contribution >= 0.6 is 0 Å². The quantitative estimate of drug-likeness (QED) is 0.281. The standard InChI is InChI=1S/CH2O3.2Be.2Li.4H/c2-1(3)4;;;;;;;;/h(H2,2,3,4);;;;;;;;/q;;;2*+1;;;;/p-2. The summed E-state index contributed by atoms with van der Waals surface area (Å²) < 4.78 is 0. The van der Waals surface area contributed by atoms with Crippen molar-refractivity contribution in [2.24, 2.45) is 0 Å². The summed E-state index contributed by atoms with van der Waals surface area (Å²) in [6.07, 6.45) is -2.33. The molecular formula is CH4Be2Li2O3. The third kappa shape index (κ3) is 356. The number of carboxylic acid groups (broad SMARTS) is 2. The van der Waals surface area contributed by atoms with Gasteiger partial charge in [0, 0.05) is 0 Å². The molecule has 0 aromatic rings. The Morgan fingerprint density at radius 3 is 1.00 bits per heavy atom. The molecule has 0 bridgehead atoms. The van der Waals surface area contributed by atoms with E-state index >= 15 is 0 Å². The Hall–Kier alpha value is 0.802. The first-order chi connectivity index (χ1) is 1.73. The van der Waals surface area contributed by atoms with Gasteiger partial charge in [0.05, 0.1) is 0 Å². The van der Waals surface area contributed by atoms with Gasteiger partial charge in [0.2, 0.25) is 0 Å². The molecule has 0 rings (SSSR count). The van der Waals surface area contributed by atoms with Crippen LogP contribution in [0.2, 0.25) is 0 Å². The number of hydrogen-bond donors (Lipinski definition) is 0. The van der Waals surface area contributed by atoms with E-state index in [1.54, 1.807) is 0 Å². The maximum absolute atomic E-state index is 8.33. The van der Waals surface area contributed by atoms with E-state index in [2.05, 4.69) is 0 Å². The molecule has 0 saturated heterocycles. The first-order valence-electron chi connectivity index (χ1n) is 0.612. The van der Waals surface area contributed by atoms with Crippen LogP contribution in [0.1, 0.15) is 0 Å². The van der Waals surface area contributed by atoms with Crippen molar-refractivity contribution in [1.29, 1.82) is 0 Å². The number of carbonyl (C=O) groups excluding carboxylic acids is 1. The summed E-state index contributed by atoms with van der Waals surface area (Å²) in [5, 5.41) is 16.7. The third-order valence-corrected chi connectivity index (χ3v) is 0. The Bertz CT molecular complexity index is 38.3. The zero-order chi connectivity index (χ0) is 3.58. The van der Waals surface area contributed by atoms with Gasteiger partial charge in [-0.2, -0.15) is 0 Å². The van der Waals surface area contributed by atoms with E-state index in [0.717, 1.165) is 0 Å². The summed E-state index contributed by atoms with van der Waals surface area (Å²) >= 11 is 0. The van der Waals surface area contributed by atoms with Gasteiger partial charge in [-0.25, -0.2) is 0 Å². The second-order valence-corrected chi connectivity index (χ2v) is 0.250. The van der Waals surface area contributed by atoms with Crippen molar-refractivity contribution in [2.75, 3.05) is 0 Å². The Morgan fingerprint density at radius 2 is 1.00 bits per heavy atom. The number of rotatable bonds is 0. The van der Waals surface area contributed by atoms with Crippen molar-refractivity contribution >= 4 is 26.4 Å². The maximum atomic E-state index is 8.33. The van der Waals surface area contributed by atoms with Crippen molar-refractivity contribution in [3.63, 3.8) is 0 Å². The van der Waals surface area contributed by atoms with Crippen LogP contribution in [0.5, 0.6) is 0 Å². The minimum atomic E-state index is -2.33. The average Bonchev–Trinajstić information content (AvgIpc) is 0.811. The van der Waals surface area contributed by atoms with E-state index in [1.165, 1.54) is 0 Å². The molecule has 3 nitrogen and oxygen atoms in total. The third-order valence-electron chi connectivity index (χ3n) is 0. The fourth-order valence-corrected chi connectivity index (χ4v) is 0. The summed E-state index contributed by atoms with van der Waals surface area (Å²) in [4.78, 5) is 8.33. The van der Waals surface area contributed by atoms with Gasteiger partial charge in [-0.1, -0.05) is 0 Å². The zero-order valence-corrected chi connectivity index (χ0v) is 3.72. The molecule has 0 amide bonds. The molecule has 0 spiro atoms. The van der Waals surface area contributed by atoms with Crippen LogP contribution in [0, 0.1) is 0 Å². The second kappa shape index (κ2) is 25.0. The summed E-state index contributed by atoms with van der Waals surface area (Å²) in [6, 6.07) is 0. The molecule has 0 aliphatic rings. The smallest absolute Gasteiger partial charge is 1.00 e. The van der Waals surface area contributed by atoms with Crippen LogP contribution in [0.25, 0.3) is 0 Å². The van der Waals surface area contributed by atoms with Gasteiger partial charge in [-0.15, -0.1) is 0 Å². The maximum Gasteiger partial charge on any atom is 1.00 e. The summed E-state index contributed by atoms with van der Waals surface area (Å²) in [5.74, 6) is 0. The van der Waals surface area contributed by atoms with E-state index < -0.39 is 6.16 Å². The van der Waals surface area contributed by atoms with Gasteiger partial charge in [0.15, 0.2) is 0 Å². The fourth-order valence-electron chi connectivity index (χ4n) is 0. The molecule has 0 heterocycles. The normalized spacial score (nSPS) is 3.00. The molecule has 0 aromatic carbocycles. The molecule has 0 saturated carbocycles. The topological polar surface area (TPSA) is 63.2 Å². The molecular weight excluding hydrogens is 91.9 g/mol. The summed E-state index contributed by atoms with van der Waals surface area (Å²) in [6.45, 7) is 0. The molecule has 0 unspecified atom stereocenters. The molecule has 0 N–H and O–H groups in total. The van der Waals surface area contributed by atoms with E-state index in [4.69, 9.17) is 15.0 Å². The van der Waals surface area contributed by atoms with Gasteiger partial charge in [-0.3, -0.25) is 0 Å². The van der Waals surface area contributed by atoms with E-state index in [0.29, 0.717) is 0 Å².